The molecule has 9 N–H and O–H groups in total. The van der Waals surface area contributed by atoms with Gasteiger partial charge in [-0.2, -0.15) is 0 Å². The van der Waals surface area contributed by atoms with Gasteiger partial charge < -0.3 is 42.0 Å². The van der Waals surface area contributed by atoms with Crippen molar-refractivity contribution >= 4 is 29.7 Å². The summed E-state index contributed by atoms with van der Waals surface area (Å²) in [4.78, 5) is 65.2. The molecule has 0 radical (unpaired) electrons. The summed E-state index contributed by atoms with van der Waals surface area (Å²) < 4.78 is 0. The number of H-pyrrole nitrogens is 1. The Balaban J connectivity index is 2.82. The van der Waals surface area contributed by atoms with Crippen molar-refractivity contribution in [2.75, 3.05) is 6.61 Å². The van der Waals surface area contributed by atoms with Crippen LogP contribution in [0.2, 0.25) is 0 Å². The summed E-state index contributed by atoms with van der Waals surface area (Å²) in [5.74, 6) is -5.57. The van der Waals surface area contributed by atoms with Crippen molar-refractivity contribution in [3.63, 3.8) is 0 Å². The maximum atomic E-state index is 12.4. The standard InChI is InChI=1S/C16H24N6O8/c1-7(20-14(27)9(17)5-23)13(26)21-10(3-12(24)25)15(28)22-11(16(29)30)2-8-4-18-6-19-8/h4,6-7,9-11,23H,2-3,5,17H2,1H3,(H,18,19)(H,20,27)(H,21,26)(H,22,28)(H,24,25)(H,29,30). The summed E-state index contributed by atoms with van der Waals surface area (Å²) in [7, 11) is 0. The number of hydrogen-bond acceptors (Lipinski definition) is 8. The molecule has 1 heterocycles. The van der Waals surface area contributed by atoms with Crippen LogP contribution in [0, 0.1) is 0 Å². The Bertz CT molecular complexity index is 768. The summed E-state index contributed by atoms with van der Waals surface area (Å²) in [6.07, 6.45) is 1.70. The topological polar surface area (TPSA) is 237 Å². The molecule has 0 aliphatic rings. The minimum atomic E-state index is -1.61. The second-order valence-electron chi connectivity index (χ2n) is 6.36. The van der Waals surface area contributed by atoms with Gasteiger partial charge in [0.2, 0.25) is 17.7 Å². The molecule has 0 bridgehead atoms. The summed E-state index contributed by atoms with van der Waals surface area (Å²) in [5.41, 5.74) is 5.74. The van der Waals surface area contributed by atoms with Crippen LogP contribution in [0.5, 0.6) is 0 Å². The number of nitrogens with zero attached hydrogens (tertiary/aromatic N) is 1. The van der Waals surface area contributed by atoms with E-state index in [9.17, 15) is 29.1 Å². The Kier molecular flexibility index (Phi) is 9.38. The van der Waals surface area contributed by atoms with E-state index in [1.165, 1.54) is 19.4 Å². The van der Waals surface area contributed by atoms with E-state index >= 15 is 0 Å². The smallest absolute Gasteiger partial charge is 0.326 e. The van der Waals surface area contributed by atoms with Crippen LogP contribution in [0.3, 0.4) is 0 Å². The Labute approximate surface area is 170 Å². The third kappa shape index (κ3) is 7.84. The number of aromatic amines is 1. The molecule has 3 amide bonds. The molecule has 0 spiro atoms. The molecular formula is C16H24N6O8. The molecule has 30 heavy (non-hydrogen) atoms. The van der Waals surface area contributed by atoms with E-state index < -0.39 is 66.9 Å². The number of rotatable bonds is 12. The lowest BCUT2D eigenvalue weighted by Gasteiger charge is -2.22. The van der Waals surface area contributed by atoms with Gasteiger partial charge in [0, 0.05) is 18.3 Å². The molecule has 4 unspecified atom stereocenters. The third-order valence-electron chi connectivity index (χ3n) is 3.89. The minimum Gasteiger partial charge on any atom is -0.481 e. The number of amides is 3. The maximum Gasteiger partial charge on any atom is 0.326 e. The first kappa shape index (κ1) is 24.5. The van der Waals surface area contributed by atoms with Crippen LogP contribution in [0.15, 0.2) is 12.5 Å². The number of imidazole rings is 1. The zero-order chi connectivity index (χ0) is 22.8. The van der Waals surface area contributed by atoms with Crippen LogP contribution in [0.1, 0.15) is 19.0 Å². The molecule has 0 saturated heterocycles. The van der Waals surface area contributed by atoms with Crippen molar-refractivity contribution in [2.45, 2.75) is 43.9 Å². The van der Waals surface area contributed by atoms with E-state index in [4.69, 9.17) is 15.9 Å². The predicted molar refractivity (Wildman–Crippen MR) is 98.7 cm³/mol. The number of carboxylic acids is 2. The molecule has 1 aromatic heterocycles. The largest absolute Gasteiger partial charge is 0.481 e. The number of aliphatic hydroxyl groups is 1. The fourth-order valence-corrected chi connectivity index (χ4v) is 2.24. The average Bonchev–Trinajstić information content (AvgIpc) is 3.18. The highest BCUT2D eigenvalue weighted by molar-refractivity contribution is 5.95. The fourth-order valence-electron chi connectivity index (χ4n) is 2.24. The maximum absolute atomic E-state index is 12.4. The predicted octanol–water partition coefficient (Wildman–Crippen LogP) is -3.69. The van der Waals surface area contributed by atoms with Crippen LogP contribution in [-0.4, -0.2) is 85.7 Å². The van der Waals surface area contributed by atoms with E-state index in [1.54, 1.807) is 0 Å². The Hall–Kier alpha value is -3.52. The Morgan fingerprint density at radius 2 is 1.70 bits per heavy atom. The van der Waals surface area contributed by atoms with Crippen molar-refractivity contribution in [1.29, 1.82) is 0 Å². The first-order valence-electron chi connectivity index (χ1n) is 8.74. The highest BCUT2D eigenvalue weighted by Gasteiger charge is 2.30. The number of aliphatic hydroxyl groups excluding tert-OH is 1. The average molecular weight is 428 g/mol. The molecule has 0 aliphatic carbocycles. The zero-order valence-electron chi connectivity index (χ0n) is 16.0. The van der Waals surface area contributed by atoms with Gasteiger partial charge in [0.25, 0.3) is 0 Å². The number of carbonyl (C=O) groups excluding carboxylic acids is 3. The molecule has 14 nitrogen and oxygen atoms in total. The quantitative estimate of drug-likeness (QED) is 0.162. The lowest BCUT2D eigenvalue weighted by Crippen LogP contribution is -2.57. The minimum absolute atomic E-state index is 0.152. The van der Waals surface area contributed by atoms with Crippen LogP contribution in [0.4, 0.5) is 0 Å². The van der Waals surface area contributed by atoms with Gasteiger partial charge in [-0.05, 0) is 6.92 Å². The lowest BCUT2D eigenvalue weighted by atomic mass is 10.1. The number of nitrogens with two attached hydrogens (primary N) is 1. The van der Waals surface area contributed by atoms with E-state index in [0.29, 0.717) is 5.69 Å². The molecular weight excluding hydrogens is 404 g/mol. The van der Waals surface area contributed by atoms with Gasteiger partial charge in [-0.3, -0.25) is 19.2 Å². The molecule has 166 valence electrons. The van der Waals surface area contributed by atoms with E-state index in [2.05, 4.69) is 25.9 Å². The molecule has 1 aromatic rings. The summed E-state index contributed by atoms with van der Waals surface area (Å²) >= 11 is 0. The summed E-state index contributed by atoms with van der Waals surface area (Å²) in [6, 6.07) is -5.49. The normalized spacial score (nSPS) is 14.6. The van der Waals surface area contributed by atoms with Gasteiger partial charge in [-0.15, -0.1) is 0 Å². The van der Waals surface area contributed by atoms with Crippen molar-refractivity contribution in [3.05, 3.63) is 18.2 Å². The summed E-state index contributed by atoms with van der Waals surface area (Å²) in [5, 5.41) is 33.7. The SMILES string of the molecule is CC(NC(=O)C(N)CO)C(=O)NC(CC(=O)O)C(=O)NC(Cc1cnc[nH]1)C(=O)O. The monoisotopic (exact) mass is 428 g/mol. The van der Waals surface area contributed by atoms with Gasteiger partial charge in [0.05, 0.1) is 19.4 Å². The number of aliphatic carboxylic acids is 2. The summed E-state index contributed by atoms with van der Waals surface area (Å²) in [6.45, 7) is 0.600. The first-order chi connectivity index (χ1) is 14.0. The number of carbonyl (C=O) groups is 5. The fraction of sp³-hybridized carbons (Fsp3) is 0.500. The number of carboxylic acid groups (broad SMARTS) is 2. The molecule has 1 rings (SSSR count). The molecule has 0 fully saturated rings. The van der Waals surface area contributed by atoms with Crippen LogP contribution >= 0.6 is 0 Å². The zero-order valence-corrected chi connectivity index (χ0v) is 16.0. The second-order valence-corrected chi connectivity index (χ2v) is 6.36. The van der Waals surface area contributed by atoms with Gasteiger partial charge in [0.15, 0.2) is 0 Å². The van der Waals surface area contributed by atoms with Crippen LogP contribution in [0.25, 0.3) is 0 Å². The van der Waals surface area contributed by atoms with Crippen LogP contribution in [-0.2, 0) is 30.4 Å². The van der Waals surface area contributed by atoms with Gasteiger partial charge in [0.1, 0.15) is 24.2 Å². The van der Waals surface area contributed by atoms with Gasteiger partial charge in [-0.1, -0.05) is 0 Å². The number of aromatic nitrogens is 2. The molecule has 0 saturated carbocycles. The van der Waals surface area contributed by atoms with E-state index in [1.807, 2.05) is 0 Å². The van der Waals surface area contributed by atoms with Gasteiger partial charge >= 0.3 is 11.9 Å². The van der Waals surface area contributed by atoms with E-state index in [-0.39, 0.29) is 6.42 Å². The first-order valence-corrected chi connectivity index (χ1v) is 8.74. The number of hydrogen-bond donors (Lipinski definition) is 8. The lowest BCUT2D eigenvalue weighted by molar-refractivity contribution is -0.143. The second kappa shape index (κ2) is 11.5. The van der Waals surface area contributed by atoms with Crippen molar-refractivity contribution in [3.8, 4) is 0 Å². The highest BCUT2D eigenvalue weighted by Crippen LogP contribution is 2.02. The molecule has 4 atom stereocenters. The van der Waals surface area contributed by atoms with Crippen molar-refractivity contribution < 1.29 is 39.3 Å². The molecule has 0 aliphatic heterocycles. The van der Waals surface area contributed by atoms with Crippen molar-refractivity contribution in [1.82, 2.24) is 25.9 Å². The number of nitrogens with one attached hydrogen (secondary N) is 4. The van der Waals surface area contributed by atoms with E-state index in [0.717, 1.165) is 0 Å². The van der Waals surface area contributed by atoms with Crippen molar-refractivity contribution in [2.24, 2.45) is 5.73 Å². The van der Waals surface area contributed by atoms with Gasteiger partial charge in [-0.25, -0.2) is 9.78 Å². The highest BCUT2D eigenvalue weighted by atomic mass is 16.4. The Morgan fingerprint density at radius 1 is 1.07 bits per heavy atom. The third-order valence-corrected chi connectivity index (χ3v) is 3.89. The Morgan fingerprint density at radius 3 is 2.20 bits per heavy atom. The van der Waals surface area contributed by atoms with Crippen LogP contribution < -0.4 is 21.7 Å². The molecule has 14 heteroatoms. The molecule has 0 aromatic carbocycles.